The molecule has 1 amide bonds. The molecule has 2 N–H and O–H groups in total. The molecule has 1 atom stereocenters. The molecular weight excluding hydrogens is 329 g/mol. The van der Waals surface area contributed by atoms with E-state index in [1.165, 1.54) is 12.1 Å². The Labute approximate surface area is 125 Å². The quantitative estimate of drug-likeness (QED) is 0.843. The number of hydrogen-bond acceptors (Lipinski definition) is 4. The average Bonchev–Trinajstić information content (AvgIpc) is 2.30. The van der Waals surface area contributed by atoms with E-state index in [0.717, 1.165) is 13.0 Å². The first-order chi connectivity index (χ1) is 9.13. The van der Waals surface area contributed by atoms with Crippen LogP contribution in [-0.4, -0.2) is 37.2 Å². The van der Waals surface area contributed by atoms with Crippen molar-refractivity contribution in [2.24, 2.45) is 0 Å². The second-order valence-electron chi connectivity index (χ2n) is 3.95. The van der Waals surface area contributed by atoms with Crippen LogP contribution < -0.4 is 5.32 Å². The number of rotatable bonds is 5. The SMILES string of the molecule is CC(=O)NC(CS(=O)(=O)c1ccc(Cl)c(Cl)c1)C(=O)O. The first-order valence-corrected chi connectivity index (χ1v) is 7.72. The van der Waals surface area contributed by atoms with E-state index in [1.54, 1.807) is 0 Å². The van der Waals surface area contributed by atoms with Gasteiger partial charge in [0.15, 0.2) is 9.84 Å². The van der Waals surface area contributed by atoms with Crippen LogP contribution >= 0.6 is 23.2 Å². The Morgan fingerprint density at radius 1 is 1.30 bits per heavy atom. The molecule has 0 saturated heterocycles. The Morgan fingerprint density at radius 3 is 2.35 bits per heavy atom. The molecule has 9 heteroatoms. The third-order valence-electron chi connectivity index (χ3n) is 2.31. The van der Waals surface area contributed by atoms with E-state index in [0.29, 0.717) is 0 Å². The number of carboxylic acids is 1. The summed E-state index contributed by atoms with van der Waals surface area (Å²) in [5.74, 6) is -2.86. The standard InChI is InChI=1S/C11H11Cl2NO5S/c1-6(15)14-10(11(16)17)5-20(18,19)7-2-3-8(12)9(13)4-7/h2-4,10H,5H2,1H3,(H,14,15)(H,16,17). The van der Waals surface area contributed by atoms with E-state index in [-0.39, 0.29) is 14.9 Å². The molecule has 1 aromatic rings. The molecule has 110 valence electrons. The highest BCUT2D eigenvalue weighted by Crippen LogP contribution is 2.25. The van der Waals surface area contributed by atoms with Crippen molar-refractivity contribution in [2.75, 3.05) is 5.75 Å². The number of carbonyl (C=O) groups is 2. The first kappa shape index (κ1) is 16.7. The predicted octanol–water partition coefficient (Wildman–Crippen LogP) is 1.36. The lowest BCUT2D eigenvalue weighted by Crippen LogP contribution is -2.44. The highest BCUT2D eigenvalue weighted by molar-refractivity contribution is 7.91. The number of nitrogens with one attached hydrogen (secondary N) is 1. The average molecular weight is 340 g/mol. The van der Waals surface area contributed by atoms with Gasteiger partial charge < -0.3 is 10.4 Å². The summed E-state index contributed by atoms with van der Waals surface area (Å²) in [6, 6.07) is 2.11. The van der Waals surface area contributed by atoms with Gasteiger partial charge in [0.05, 0.1) is 20.7 Å². The number of halogens is 2. The highest BCUT2D eigenvalue weighted by Gasteiger charge is 2.27. The smallest absolute Gasteiger partial charge is 0.327 e. The fourth-order valence-corrected chi connectivity index (χ4v) is 3.20. The van der Waals surface area contributed by atoms with Crippen LogP contribution in [0, 0.1) is 0 Å². The highest BCUT2D eigenvalue weighted by atomic mass is 35.5. The molecule has 0 aliphatic rings. The normalized spacial score (nSPS) is 12.8. The maximum atomic E-state index is 12.1. The summed E-state index contributed by atoms with van der Waals surface area (Å²) in [5, 5.41) is 11.2. The molecule has 0 aromatic heterocycles. The van der Waals surface area contributed by atoms with E-state index in [1.807, 2.05) is 0 Å². The van der Waals surface area contributed by atoms with Crippen molar-refractivity contribution in [1.82, 2.24) is 5.32 Å². The fourth-order valence-electron chi connectivity index (χ4n) is 1.41. The van der Waals surface area contributed by atoms with E-state index >= 15 is 0 Å². The summed E-state index contributed by atoms with van der Waals surface area (Å²) in [5.41, 5.74) is 0. The number of sulfone groups is 1. The number of benzene rings is 1. The Bertz CT molecular complexity index is 644. The zero-order chi connectivity index (χ0) is 15.5. The second kappa shape index (κ2) is 6.43. The van der Waals surface area contributed by atoms with Gasteiger partial charge >= 0.3 is 5.97 Å². The van der Waals surface area contributed by atoms with Gasteiger partial charge in [-0.25, -0.2) is 13.2 Å². The predicted molar refractivity (Wildman–Crippen MR) is 73.8 cm³/mol. The van der Waals surface area contributed by atoms with Gasteiger partial charge in [-0.2, -0.15) is 0 Å². The molecular formula is C11H11Cl2NO5S. The summed E-state index contributed by atoms with van der Waals surface area (Å²) >= 11 is 11.4. The summed E-state index contributed by atoms with van der Waals surface area (Å²) in [6.45, 7) is 1.10. The topological polar surface area (TPSA) is 101 Å². The number of carbonyl (C=O) groups excluding carboxylic acids is 1. The summed E-state index contributed by atoms with van der Waals surface area (Å²) in [6.07, 6.45) is 0. The molecule has 0 aliphatic carbocycles. The molecule has 0 fully saturated rings. The van der Waals surface area contributed by atoms with Crippen LogP contribution in [0.25, 0.3) is 0 Å². The summed E-state index contributed by atoms with van der Waals surface area (Å²) in [4.78, 5) is 21.6. The third kappa shape index (κ3) is 4.36. The lowest BCUT2D eigenvalue weighted by molar-refractivity contribution is -0.140. The Balaban J connectivity index is 3.06. The van der Waals surface area contributed by atoms with E-state index in [9.17, 15) is 18.0 Å². The van der Waals surface area contributed by atoms with Gasteiger partial charge in [0.25, 0.3) is 0 Å². The second-order valence-corrected chi connectivity index (χ2v) is 6.80. The van der Waals surface area contributed by atoms with Gasteiger partial charge in [0.2, 0.25) is 5.91 Å². The number of carboxylic acid groups (broad SMARTS) is 1. The van der Waals surface area contributed by atoms with Crippen molar-refractivity contribution < 1.29 is 23.1 Å². The molecule has 0 spiro atoms. The van der Waals surface area contributed by atoms with Crippen molar-refractivity contribution in [2.45, 2.75) is 17.9 Å². The molecule has 0 heterocycles. The van der Waals surface area contributed by atoms with Crippen LogP contribution in [0.3, 0.4) is 0 Å². The van der Waals surface area contributed by atoms with Crippen LogP contribution in [0.2, 0.25) is 10.0 Å². The monoisotopic (exact) mass is 339 g/mol. The van der Waals surface area contributed by atoms with Crippen molar-refractivity contribution in [3.63, 3.8) is 0 Å². The molecule has 6 nitrogen and oxygen atoms in total. The zero-order valence-corrected chi connectivity index (χ0v) is 12.6. The summed E-state index contributed by atoms with van der Waals surface area (Å²) in [7, 11) is -3.93. The number of hydrogen-bond donors (Lipinski definition) is 2. The maximum absolute atomic E-state index is 12.1. The Hall–Kier alpha value is -1.31. The lowest BCUT2D eigenvalue weighted by atomic mass is 10.3. The molecule has 0 bridgehead atoms. The van der Waals surface area contributed by atoms with E-state index in [4.69, 9.17) is 28.3 Å². The van der Waals surface area contributed by atoms with Crippen LogP contribution in [0.4, 0.5) is 0 Å². The van der Waals surface area contributed by atoms with Gasteiger partial charge in [-0.3, -0.25) is 4.79 Å². The van der Waals surface area contributed by atoms with Crippen LogP contribution in [0.1, 0.15) is 6.92 Å². The lowest BCUT2D eigenvalue weighted by Gasteiger charge is -2.13. The molecule has 1 rings (SSSR count). The Kier molecular flexibility index (Phi) is 5.38. The van der Waals surface area contributed by atoms with Crippen LogP contribution in [0.5, 0.6) is 0 Å². The Morgan fingerprint density at radius 2 is 1.90 bits per heavy atom. The molecule has 0 saturated carbocycles. The van der Waals surface area contributed by atoms with Gasteiger partial charge in [-0.05, 0) is 18.2 Å². The van der Waals surface area contributed by atoms with Crippen molar-refractivity contribution in [3.8, 4) is 0 Å². The fraction of sp³-hybridized carbons (Fsp3) is 0.273. The van der Waals surface area contributed by atoms with Crippen molar-refractivity contribution in [3.05, 3.63) is 28.2 Å². The summed E-state index contributed by atoms with van der Waals surface area (Å²) < 4.78 is 24.2. The van der Waals surface area contributed by atoms with Crippen LogP contribution in [0.15, 0.2) is 23.1 Å². The van der Waals surface area contributed by atoms with Crippen molar-refractivity contribution >= 4 is 44.9 Å². The minimum absolute atomic E-state index is 0.0409. The minimum Gasteiger partial charge on any atom is -0.480 e. The zero-order valence-electron chi connectivity index (χ0n) is 10.3. The van der Waals surface area contributed by atoms with Gasteiger partial charge in [0.1, 0.15) is 6.04 Å². The molecule has 1 aromatic carbocycles. The van der Waals surface area contributed by atoms with E-state index in [2.05, 4.69) is 5.32 Å². The van der Waals surface area contributed by atoms with Gasteiger partial charge in [-0.15, -0.1) is 0 Å². The minimum atomic E-state index is -3.93. The van der Waals surface area contributed by atoms with Crippen molar-refractivity contribution in [1.29, 1.82) is 0 Å². The van der Waals surface area contributed by atoms with Gasteiger partial charge in [-0.1, -0.05) is 23.2 Å². The van der Waals surface area contributed by atoms with Gasteiger partial charge in [0, 0.05) is 6.92 Å². The molecule has 0 radical (unpaired) electrons. The molecule has 1 unspecified atom stereocenters. The van der Waals surface area contributed by atoms with Crippen LogP contribution in [-0.2, 0) is 19.4 Å². The first-order valence-electron chi connectivity index (χ1n) is 5.31. The molecule has 20 heavy (non-hydrogen) atoms. The largest absolute Gasteiger partial charge is 0.480 e. The molecule has 0 aliphatic heterocycles. The number of amides is 1. The number of aliphatic carboxylic acids is 1. The third-order valence-corrected chi connectivity index (χ3v) is 4.80. The maximum Gasteiger partial charge on any atom is 0.327 e. The van der Waals surface area contributed by atoms with E-state index < -0.39 is 33.5 Å².